The molecule has 0 N–H and O–H groups in total. The molecule has 9 aromatic carbocycles. The van der Waals surface area contributed by atoms with Crippen LogP contribution in [-0.4, -0.2) is 0 Å². The molecule has 1 aromatic heterocycles. The molecule has 3 aliphatic rings. The molecule has 0 fully saturated rings. The van der Waals surface area contributed by atoms with Crippen LogP contribution in [0.2, 0.25) is 0 Å². The topological polar surface area (TPSA) is 0 Å². The Morgan fingerprint density at radius 2 is 1.07 bits per heavy atom. The summed E-state index contributed by atoms with van der Waals surface area (Å²) in [6.45, 7) is 9.80. The summed E-state index contributed by atoms with van der Waals surface area (Å²) in [6.07, 6.45) is 5.95. The van der Waals surface area contributed by atoms with Crippen molar-refractivity contribution in [3.63, 3.8) is 0 Å². The third kappa shape index (κ3) is 4.87. The quantitative estimate of drug-likeness (QED) is 0.156. The van der Waals surface area contributed by atoms with Crippen LogP contribution in [0.25, 0.3) is 97.0 Å². The SMILES string of the molecule is CC1(C)c2ccc(-c3c4ccccc4c(-c4ccccc4)c4ccccc34)cc2-c2ccc(C3=CC=C4c5c(ccc6cc7sc8ccccc8c7cc56)C(C)(C)C4C3)cc21. The smallest absolute Gasteiger partial charge is 0.0361 e. The van der Waals surface area contributed by atoms with Gasteiger partial charge in [-0.2, -0.15) is 0 Å². The second kappa shape index (κ2) is 12.5. The molecule has 0 radical (unpaired) electrons. The molecule has 3 aliphatic carbocycles. The van der Waals surface area contributed by atoms with Crippen molar-refractivity contribution in [2.24, 2.45) is 5.92 Å². The Labute approximate surface area is 361 Å². The maximum absolute atomic E-state index is 2.53. The summed E-state index contributed by atoms with van der Waals surface area (Å²) in [4.78, 5) is 0. The first-order valence-corrected chi connectivity index (χ1v) is 22.7. The molecule has 0 bridgehead atoms. The summed E-state index contributed by atoms with van der Waals surface area (Å²) >= 11 is 1.91. The standard InChI is InChI=1S/C60H44S/c1-59(2)50-28-25-39(57-44-19-10-8-17-42(44)56(35-14-6-5-7-15-35)43-18-9-11-20-45(43)57)30-48(50)40-26-22-36(31-52(40)59)37-23-27-46-53(32-37)60(3,4)51-29-24-38-33-55-49(34-47(38)58(46)51)41-16-12-13-21-54(41)61-55/h5-31,33-34,53H,32H2,1-4H3. The van der Waals surface area contributed by atoms with Crippen molar-refractivity contribution < 1.29 is 0 Å². The molecule has 61 heavy (non-hydrogen) atoms. The summed E-state index contributed by atoms with van der Waals surface area (Å²) in [5, 5.41) is 10.7. The number of thiophene rings is 1. The molecule has 0 nitrogen and oxygen atoms in total. The van der Waals surface area contributed by atoms with Gasteiger partial charge in [0.2, 0.25) is 0 Å². The minimum absolute atomic E-state index is 0.0246. The van der Waals surface area contributed by atoms with E-state index in [4.69, 9.17) is 0 Å². The molecule has 0 spiro atoms. The van der Waals surface area contributed by atoms with Crippen LogP contribution in [0.1, 0.15) is 61.9 Å². The number of allylic oxidation sites excluding steroid dienone is 4. The van der Waals surface area contributed by atoms with Crippen LogP contribution < -0.4 is 0 Å². The van der Waals surface area contributed by atoms with E-state index in [1.807, 2.05) is 11.3 Å². The fourth-order valence-electron chi connectivity index (χ4n) is 11.9. The molecule has 0 saturated carbocycles. The van der Waals surface area contributed by atoms with Crippen molar-refractivity contribution in [1.82, 2.24) is 0 Å². The predicted octanol–water partition coefficient (Wildman–Crippen LogP) is 16.9. The molecule has 13 rings (SSSR count). The molecular formula is C60H44S. The Hall–Kier alpha value is -6.54. The van der Waals surface area contributed by atoms with E-state index in [0.29, 0.717) is 5.92 Å². The van der Waals surface area contributed by atoms with Gasteiger partial charge in [-0.25, -0.2) is 0 Å². The van der Waals surface area contributed by atoms with E-state index in [-0.39, 0.29) is 10.8 Å². The number of rotatable bonds is 3. The van der Waals surface area contributed by atoms with E-state index in [2.05, 4.69) is 204 Å². The van der Waals surface area contributed by atoms with Crippen molar-refractivity contribution in [2.45, 2.75) is 44.9 Å². The van der Waals surface area contributed by atoms with Gasteiger partial charge in [0, 0.05) is 25.6 Å². The van der Waals surface area contributed by atoms with Crippen LogP contribution in [0.5, 0.6) is 0 Å². The van der Waals surface area contributed by atoms with Gasteiger partial charge in [0.15, 0.2) is 0 Å². The first-order chi connectivity index (χ1) is 29.8. The lowest BCUT2D eigenvalue weighted by Gasteiger charge is -2.32. The van der Waals surface area contributed by atoms with Gasteiger partial charge in [-0.15, -0.1) is 11.3 Å². The zero-order valence-corrected chi connectivity index (χ0v) is 35.8. The minimum Gasteiger partial charge on any atom is -0.135 e. The van der Waals surface area contributed by atoms with Gasteiger partial charge >= 0.3 is 0 Å². The van der Waals surface area contributed by atoms with Crippen molar-refractivity contribution in [3.8, 4) is 33.4 Å². The molecule has 0 amide bonds. The molecule has 1 atom stereocenters. The van der Waals surface area contributed by atoms with E-state index in [9.17, 15) is 0 Å². The molecule has 0 saturated heterocycles. The zero-order chi connectivity index (χ0) is 40.8. The third-order valence-corrected chi connectivity index (χ3v) is 16.1. The van der Waals surface area contributed by atoms with E-state index < -0.39 is 0 Å². The molecule has 0 aliphatic heterocycles. The summed E-state index contributed by atoms with van der Waals surface area (Å²) in [5.74, 6) is 0.418. The van der Waals surface area contributed by atoms with Gasteiger partial charge < -0.3 is 0 Å². The van der Waals surface area contributed by atoms with Gasteiger partial charge in [-0.3, -0.25) is 0 Å². The van der Waals surface area contributed by atoms with Gasteiger partial charge in [-0.1, -0.05) is 173 Å². The maximum Gasteiger partial charge on any atom is 0.0361 e. The van der Waals surface area contributed by atoms with Crippen LogP contribution in [0, 0.1) is 5.92 Å². The molecule has 1 heterocycles. The van der Waals surface area contributed by atoms with Gasteiger partial charge in [-0.05, 0) is 153 Å². The fourth-order valence-corrected chi connectivity index (χ4v) is 13.0. The number of benzene rings is 9. The van der Waals surface area contributed by atoms with Crippen LogP contribution in [0.3, 0.4) is 0 Å². The second-order valence-corrected chi connectivity index (χ2v) is 19.9. The normalized spacial score (nSPS) is 17.1. The predicted molar refractivity (Wildman–Crippen MR) is 264 cm³/mol. The zero-order valence-electron chi connectivity index (χ0n) is 34.9. The maximum atomic E-state index is 2.53. The average Bonchev–Trinajstić information content (AvgIpc) is 3.85. The lowest BCUT2D eigenvalue weighted by Crippen LogP contribution is -2.25. The highest BCUT2D eigenvalue weighted by Crippen LogP contribution is 2.58. The second-order valence-electron chi connectivity index (χ2n) is 18.8. The Morgan fingerprint density at radius 3 is 1.80 bits per heavy atom. The Kier molecular flexibility index (Phi) is 7.22. The third-order valence-electron chi connectivity index (χ3n) is 15.0. The summed E-state index contributed by atoms with van der Waals surface area (Å²) < 4.78 is 2.74. The highest BCUT2D eigenvalue weighted by Gasteiger charge is 2.45. The summed E-state index contributed by atoms with van der Waals surface area (Å²) in [5.41, 5.74) is 17.9. The largest absolute Gasteiger partial charge is 0.135 e. The lowest BCUT2D eigenvalue weighted by atomic mass is 9.72. The number of hydrogen-bond acceptors (Lipinski definition) is 1. The summed E-state index contributed by atoms with van der Waals surface area (Å²) in [7, 11) is 0. The average molecular weight is 797 g/mol. The van der Waals surface area contributed by atoms with Crippen molar-refractivity contribution >= 4 is 75.0 Å². The van der Waals surface area contributed by atoms with Gasteiger partial charge in [0.1, 0.15) is 0 Å². The van der Waals surface area contributed by atoms with Crippen molar-refractivity contribution in [1.29, 1.82) is 0 Å². The van der Waals surface area contributed by atoms with E-state index in [1.54, 1.807) is 0 Å². The molecule has 1 heteroatoms. The molecule has 1 unspecified atom stereocenters. The van der Waals surface area contributed by atoms with E-state index in [1.165, 1.54) is 125 Å². The first-order valence-electron chi connectivity index (χ1n) is 21.8. The van der Waals surface area contributed by atoms with Crippen LogP contribution in [-0.2, 0) is 10.8 Å². The molecular weight excluding hydrogens is 753 g/mol. The minimum atomic E-state index is -0.115. The van der Waals surface area contributed by atoms with E-state index in [0.717, 1.165) is 6.42 Å². The number of fused-ring (bicyclic) bond motifs is 13. The highest BCUT2D eigenvalue weighted by atomic mass is 32.1. The van der Waals surface area contributed by atoms with Gasteiger partial charge in [0.25, 0.3) is 0 Å². The lowest BCUT2D eigenvalue weighted by molar-refractivity contribution is 0.418. The van der Waals surface area contributed by atoms with Crippen LogP contribution in [0.15, 0.2) is 176 Å². The Balaban J connectivity index is 0.920. The fraction of sp³-hybridized carbons (Fsp3) is 0.133. The summed E-state index contributed by atoms with van der Waals surface area (Å²) in [6, 6.07) is 62.1. The van der Waals surface area contributed by atoms with Crippen molar-refractivity contribution in [2.75, 3.05) is 0 Å². The van der Waals surface area contributed by atoms with Crippen molar-refractivity contribution in [3.05, 3.63) is 204 Å². The van der Waals surface area contributed by atoms with Gasteiger partial charge in [0.05, 0.1) is 0 Å². The highest BCUT2D eigenvalue weighted by molar-refractivity contribution is 7.25. The monoisotopic (exact) mass is 796 g/mol. The van der Waals surface area contributed by atoms with E-state index >= 15 is 0 Å². The molecule has 290 valence electrons. The van der Waals surface area contributed by atoms with Crippen LogP contribution in [0.4, 0.5) is 0 Å². The first kappa shape index (κ1) is 35.2. The van der Waals surface area contributed by atoms with Crippen LogP contribution >= 0.6 is 11.3 Å². The number of hydrogen-bond donors (Lipinski definition) is 0. The molecule has 10 aromatic rings. The Morgan fingerprint density at radius 1 is 0.426 bits per heavy atom. The Bertz CT molecular complexity index is 3550.